The zero-order valence-corrected chi connectivity index (χ0v) is 19.3. The third-order valence-corrected chi connectivity index (χ3v) is 10.0. The van der Waals surface area contributed by atoms with Crippen molar-refractivity contribution in [2.24, 2.45) is 35.0 Å². The van der Waals surface area contributed by atoms with Crippen molar-refractivity contribution < 1.29 is 10.2 Å². The minimum absolute atomic E-state index is 0.0685. The maximum atomic E-state index is 11.0. The van der Waals surface area contributed by atoms with Gasteiger partial charge in [0.1, 0.15) is 0 Å². The molecule has 3 heteroatoms. The molecule has 0 saturated heterocycles. The highest BCUT2D eigenvalue weighted by Crippen LogP contribution is 2.66. The predicted octanol–water partition coefficient (Wildman–Crippen LogP) is 5.21. The van der Waals surface area contributed by atoms with Gasteiger partial charge in [0, 0.05) is 19.8 Å². The summed E-state index contributed by atoms with van der Waals surface area (Å²) in [7, 11) is 4.21. The lowest BCUT2D eigenvalue weighted by Gasteiger charge is -2.59. The van der Waals surface area contributed by atoms with Gasteiger partial charge in [0.05, 0.1) is 11.7 Å². The topological polar surface area (TPSA) is 43.7 Å². The van der Waals surface area contributed by atoms with Gasteiger partial charge in [0.25, 0.3) is 0 Å². The molecule has 0 aliphatic heterocycles. The number of anilines is 1. The minimum atomic E-state index is -0.469. The molecule has 4 aliphatic rings. The molecule has 1 aromatic rings. The number of benzene rings is 1. The van der Waals surface area contributed by atoms with Crippen molar-refractivity contribution in [3.8, 4) is 0 Å². The molecule has 3 nitrogen and oxygen atoms in total. The van der Waals surface area contributed by atoms with E-state index in [-0.39, 0.29) is 11.5 Å². The van der Waals surface area contributed by atoms with Crippen LogP contribution in [0.1, 0.15) is 76.7 Å². The van der Waals surface area contributed by atoms with Crippen LogP contribution in [0.4, 0.5) is 5.69 Å². The van der Waals surface area contributed by atoms with Crippen molar-refractivity contribution in [1.29, 1.82) is 0 Å². The van der Waals surface area contributed by atoms with E-state index in [2.05, 4.69) is 57.1 Å². The summed E-state index contributed by atoms with van der Waals surface area (Å²) in [5.41, 5.74) is 2.33. The van der Waals surface area contributed by atoms with Gasteiger partial charge >= 0.3 is 0 Å². The number of fused-ring (bicyclic) bond motifs is 5. The second-order valence-electron chi connectivity index (χ2n) is 12.0. The van der Waals surface area contributed by atoms with Crippen LogP contribution in [0.5, 0.6) is 0 Å². The number of aliphatic hydroxyl groups is 2. The maximum Gasteiger partial charge on any atom is 0.0622 e. The molecule has 9 atom stereocenters. The molecule has 0 spiro atoms. The molecule has 0 amide bonds. The highest BCUT2D eigenvalue weighted by Gasteiger charge is 2.60. The summed E-state index contributed by atoms with van der Waals surface area (Å²) >= 11 is 0. The zero-order chi connectivity index (χ0) is 21.3. The molecular formula is C27H41NO2. The van der Waals surface area contributed by atoms with Crippen molar-refractivity contribution in [1.82, 2.24) is 0 Å². The van der Waals surface area contributed by atoms with E-state index in [1.54, 1.807) is 0 Å². The quantitative estimate of drug-likeness (QED) is 0.702. The van der Waals surface area contributed by atoms with Crippen LogP contribution < -0.4 is 4.90 Å². The fourth-order valence-electron chi connectivity index (χ4n) is 8.54. The van der Waals surface area contributed by atoms with Crippen LogP contribution in [0.3, 0.4) is 0 Å². The minimum Gasteiger partial charge on any atom is -0.393 e. The molecule has 0 aromatic heterocycles. The van der Waals surface area contributed by atoms with Crippen LogP contribution in [0.2, 0.25) is 0 Å². The zero-order valence-electron chi connectivity index (χ0n) is 19.3. The Hall–Kier alpha value is -1.06. The van der Waals surface area contributed by atoms with Crippen LogP contribution in [0, 0.1) is 35.0 Å². The fourth-order valence-corrected chi connectivity index (χ4v) is 8.54. The largest absolute Gasteiger partial charge is 0.393 e. The Morgan fingerprint density at radius 3 is 2.33 bits per heavy atom. The van der Waals surface area contributed by atoms with E-state index < -0.39 is 5.60 Å². The molecule has 5 rings (SSSR count). The normalized spacial score (nSPS) is 47.9. The Labute approximate surface area is 182 Å². The lowest BCUT2D eigenvalue weighted by Crippen LogP contribution is -2.53. The smallest absolute Gasteiger partial charge is 0.0622 e. The van der Waals surface area contributed by atoms with E-state index in [0.717, 1.165) is 37.5 Å². The number of nitrogens with zero attached hydrogens (tertiary/aromatic N) is 1. The third-order valence-electron chi connectivity index (χ3n) is 10.0. The van der Waals surface area contributed by atoms with Crippen molar-refractivity contribution in [3.05, 3.63) is 29.8 Å². The number of hydrogen-bond acceptors (Lipinski definition) is 3. The van der Waals surface area contributed by atoms with Gasteiger partial charge in [-0.05, 0) is 117 Å². The average molecular weight is 412 g/mol. The number of hydrogen-bond donors (Lipinski definition) is 2. The summed E-state index contributed by atoms with van der Waals surface area (Å²) in [6.45, 7) is 4.45. The molecule has 30 heavy (non-hydrogen) atoms. The van der Waals surface area contributed by atoms with Crippen LogP contribution >= 0.6 is 0 Å². The molecule has 3 unspecified atom stereocenters. The molecule has 4 aliphatic carbocycles. The van der Waals surface area contributed by atoms with Crippen molar-refractivity contribution in [2.45, 2.75) is 82.8 Å². The van der Waals surface area contributed by atoms with E-state index in [1.807, 2.05) is 0 Å². The van der Waals surface area contributed by atoms with Gasteiger partial charge in [0.15, 0.2) is 0 Å². The molecule has 4 saturated carbocycles. The molecule has 166 valence electrons. The van der Waals surface area contributed by atoms with Gasteiger partial charge in [-0.2, -0.15) is 0 Å². The first-order chi connectivity index (χ1) is 14.2. The first-order valence-corrected chi connectivity index (χ1v) is 12.4. The summed E-state index contributed by atoms with van der Waals surface area (Å²) in [5, 5.41) is 21.8. The van der Waals surface area contributed by atoms with Gasteiger partial charge in [-0.1, -0.05) is 19.1 Å². The van der Waals surface area contributed by atoms with E-state index in [0.29, 0.717) is 23.7 Å². The van der Waals surface area contributed by atoms with Gasteiger partial charge in [-0.3, -0.25) is 0 Å². The highest BCUT2D eigenvalue weighted by atomic mass is 16.3. The molecular weight excluding hydrogens is 370 g/mol. The Bertz CT molecular complexity index is 772. The second-order valence-corrected chi connectivity index (χ2v) is 12.0. The maximum absolute atomic E-state index is 11.0. The number of aliphatic hydroxyl groups excluding tert-OH is 1. The first-order valence-electron chi connectivity index (χ1n) is 12.4. The first kappa shape index (κ1) is 20.8. The fraction of sp³-hybridized carbons (Fsp3) is 0.778. The summed E-state index contributed by atoms with van der Waals surface area (Å²) in [6.07, 6.45) is 8.86. The molecule has 0 bridgehead atoms. The Morgan fingerprint density at radius 1 is 0.900 bits per heavy atom. The lowest BCUT2D eigenvalue weighted by atomic mass is 9.46. The molecule has 0 heterocycles. The lowest BCUT2D eigenvalue weighted by molar-refractivity contribution is -0.118. The third kappa shape index (κ3) is 3.23. The Balaban J connectivity index is 1.53. The van der Waals surface area contributed by atoms with Gasteiger partial charge in [0.2, 0.25) is 0 Å². The molecule has 0 radical (unpaired) electrons. The van der Waals surface area contributed by atoms with Crippen molar-refractivity contribution in [2.75, 3.05) is 19.0 Å². The van der Waals surface area contributed by atoms with E-state index >= 15 is 0 Å². The standard InChI is InChI=1S/C27H41NO2/c1-26(30)14-13-20-18(15-26)7-10-21-23-11-12-24(29)27(23,2)16-22(25(20)21)17-5-8-19(9-6-17)28(3)4/h5-6,8-9,18,20-25,29-30H,7,10-16H2,1-4H3/t18-,20-,21?,22+,23?,24-,25?,26+,27-/m0/s1. The highest BCUT2D eigenvalue weighted by molar-refractivity contribution is 5.47. The van der Waals surface area contributed by atoms with Crippen LogP contribution in [-0.2, 0) is 0 Å². The van der Waals surface area contributed by atoms with E-state index in [4.69, 9.17) is 0 Å². The van der Waals surface area contributed by atoms with Crippen LogP contribution in [0.15, 0.2) is 24.3 Å². The summed E-state index contributed by atoms with van der Waals surface area (Å²) in [5.74, 6) is 4.09. The molecule has 4 fully saturated rings. The summed E-state index contributed by atoms with van der Waals surface area (Å²) < 4.78 is 0. The van der Waals surface area contributed by atoms with Crippen molar-refractivity contribution >= 4 is 5.69 Å². The van der Waals surface area contributed by atoms with E-state index in [1.165, 1.54) is 36.9 Å². The molecule has 1 aromatic carbocycles. The summed E-state index contributed by atoms with van der Waals surface area (Å²) in [6, 6.07) is 9.28. The van der Waals surface area contributed by atoms with E-state index in [9.17, 15) is 10.2 Å². The van der Waals surface area contributed by atoms with Crippen LogP contribution in [-0.4, -0.2) is 36.0 Å². The second kappa shape index (κ2) is 7.24. The average Bonchev–Trinajstić information content (AvgIpc) is 3.01. The Morgan fingerprint density at radius 2 is 1.63 bits per heavy atom. The van der Waals surface area contributed by atoms with Crippen molar-refractivity contribution in [3.63, 3.8) is 0 Å². The van der Waals surface area contributed by atoms with Gasteiger partial charge in [-0.15, -0.1) is 0 Å². The number of rotatable bonds is 2. The predicted molar refractivity (Wildman–Crippen MR) is 123 cm³/mol. The van der Waals surface area contributed by atoms with Crippen LogP contribution in [0.25, 0.3) is 0 Å². The van der Waals surface area contributed by atoms with Gasteiger partial charge < -0.3 is 15.1 Å². The monoisotopic (exact) mass is 411 g/mol. The Kier molecular flexibility index (Phi) is 5.02. The summed E-state index contributed by atoms with van der Waals surface area (Å²) in [4.78, 5) is 2.17. The SMILES string of the molecule is CN(C)c1ccc([C@H]2C[C@@]3(C)C(CC[C@@H]3O)C3CC[C@H]4C[C@](C)(O)CC[C@@H]4C32)cc1. The van der Waals surface area contributed by atoms with Gasteiger partial charge in [-0.25, -0.2) is 0 Å². The molecule has 2 N–H and O–H groups in total.